The molecule has 0 amide bonds. The lowest BCUT2D eigenvalue weighted by Crippen LogP contribution is -2.20. The van der Waals surface area contributed by atoms with E-state index in [4.69, 9.17) is 5.73 Å². The fourth-order valence-electron chi connectivity index (χ4n) is 1.53. The van der Waals surface area contributed by atoms with Gasteiger partial charge in [-0.15, -0.1) is 0 Å². The minimum Gasteiger partial charge on any atom is -0.324 e. The number of hydrogen-bond donors (Lipinski definition) is 1. The van der Waals surface area contributed by atoms with Crippen LogP contribution in [0.25, 0.3) is 0 Å². The van der Waals surface area contributed by atoms with Gasteiger partial charge in [0.15, 0.2) is 0 Å². The third-order valence-electron chi connectivity index (χ3n) is 2.94. The monoisotopic (exact) mass is 249 g/mol. The number of nitrogens with two attached hydrogens (primary N) is 1. The summed E-state index contributed by atoms with van der Waals surface area (Å²) in [5.41, 5.74) is 4.93. The first-order chi connectivity index (χ1) is 7.77. The van der Waals surface area contributed by atoms with Crippen LogP contribution in [-0.4, -0.2) is 0 Å². The third-order valence-corrected chi connectivity index (χ3v) is 2.94. The first-order valence-corrected chi connectivity index (χ1v) is 5.39. The Bertz CT molecular complexity index is 387. The van der Waals surface area contributed by atoms with Gasteiger partial charge in [-0.1, -0.05) is 26.3 Å². The molecule has 0 aliphatic carbocycles. The Labute approximate surface area is 97.6 Å². The van der Waals surface area contributed by atoms with Crippen molar-refractivity contribution in [3.63, 3.8) is 0 Å². The van der Waals surface area contributed by atoms with Crippen LogP contribution in [0.2, 0.25) is 0 Å². The zero-order valence-corrected chi connectivity index (χ0v) is 9.68. The van der Waals surface area contributed by atoms with Crippen LogP contribution >= 0.6 is 0 Å². The van der Waals surface area contributed by atoms with Gasteiger partial charge in [-0.05, 0) is 18.1 Å². The number of alkyl halides is 3. The summed E-state index contributed by atoms with van der Waals surface area (Å²) in [4.78, 5) is 0. The molecule has 2 N–H and O–H groups in total. The fourth-order valence-corrected chi connectivity index (χ4v) is 1.53. The molecule has 5 heteroatoms. The highest BCUT2D eigenvalue weighted by Crippen LogP contribution is 2.32. The second-order valence-electron chi connectivity index (χ2n) is 4.15. The average molecular weight is 249 g/mol. The summed E-state index contributed by atoms with van der Waals surface area (Å²) in [6.07, 6.45) is -3.79. The van der Waals surface area contributed by atoms with Gasteiger partial charge in [0, 0.05) is 11.6 Å². The molecule has 0 fully saturated rings. The lowest BCUT2D eigenvalue weighted by molar-refractivity contribution is -0.137. The Balaban J connectivity index is 3.06. The largest absolute Gasteiger partial charge is 0.416 e. The first kappa shape index (κ1) is 14.0. The Morgan fingerprint density at radius 3 is 2.29 bits per heavy atom. The second kappa shape index (κ2) is 5.04. The van der Waals surface area contributed by atoms with Crippen molar-refractivity contribution in [2.75, 3.05) is 0 Å². The molecule has 17 heavy (non-hydrogen) atoms. The Morgan fingerprint density at radius 2 is 1.88 bits per heavy atom. The first-order valence-electron chi connectivity index (χ1n) is 5.39. The quantitative estimate of drug-likeness (QED) is 0.808. The molecule has 0 saturated carbocycles. The van der Waals surface area contributed by atoms with Gasteiger partial charge in [0.25, 0.3) is 0 Å². The summed E-state index contributed by atoms with van der Waals surface area (Å²) in [5.74, 6) is -0.881. The van der Waals surface area contributed by atoms with Gasteiger partial charge in [0.05, 0.1) is 5.56 Å². The van der Waals surface area contributed by atoms with Crippen LogP contribution in [0.5, 0.6) is 0 Å². The molecule has 0 spiro atoms. The summed E-state index contributed by atoms with van der Waals surface area (Å²) in [5, 5.41) is 0. The lowest BCUT2D eigenvalue weighted by Gasteiger charge is -2.20. The number of hydrogen-bond acceptors (Lipinski definition) is 1. The van der Waals surface area contributed by atoms with Crippen molar-refractivity contribution in [3.8, 4) is 0 Å². The van der Waals surface area contributed by atoms with Crippen molar-refractivity contribution < 1.29 is 17.6 Å². The van der Waals surface area contributed by atoms with E-state index in [0.717, 1.165) is 18.6 Å². The van der Waals surface area contributed by atoms with Gasteiger partial charge in [-0.25, -0.2) is 4.39 Å². The van der Waals surface area contributed by atoms with Crippen molar-refractivity contribution >= 4 is 0 Å². The van der Waals surface area contributed by atoms with Crippen LogP contribution in [0.1, 0.15) is 37.4 Å². The van der Waals surface area contributed by atoms with E-state index in [1.54, 1.807) is 0 Å². The van der Waals surface area contributed by atoms with E-state index in [1.807, 2.05) is 13.8 Å². The molecule has 96 valence electrons. The number of halogens is 4. The molecule has 2 atom stereocenters. The van der Waals surface area contributed by atoms with E-state index >= 15 is 0 Å². The van der Waals surface area contributed by atoms with Crippen LogP contribution in [-0.2, 0) is 6.18 Å². The maximum Gasteiger partial charge on any atom is 0.416 e. The molecular weight excluding hydrogens is 234 g/mol. The van der Waals surface area contributed by atoms with E-state index in [1.165, 1.54) is 0 Å². The Morgan fingerprint density at radius 1 is 1.29 bits per heavy atom. The van der Waals surface area contributed by atoms with Gasteiger partial charge in [0.1, 0.15) is 5.82 Å². The van der Waals surface area contributed by atoms with Crippen molar-refractivity contribution in [2.45, 2.75) is 32.5 Å². The van der Waals surface area contributed by atoms with Crippen LogP contribution in [0.4, 0.5) is 17.6 Å². The standard InChI is InChI=1S/C12H15F4N/c1-3-7(2)11(17)9-5-4-8(6-10(9)13)12(14,15)16/h4-7,11H,3,17H2,1-2H3/t7?,11-/m1/s1. The summed E-state index contributed by atoms with van der Waals surface area (Å²) in [6.45, 7) is 3.73. The Kier molecular flexibility index (Phi) is 4.14. The molecule has 1 aromatic carbocycles. The van der Waals surface area contributed by atoms with Crippen molar-refractivity contribution in [1.29, 1.82) is 0 Å². The van der Waals surface area contributed by atoms with E-state index in [9.17, 15) is 17.6 Å². The summed E-state index contributed by atoms with van der Waals surface area (Å²) >= 11 is 0. The fraction of sp³-hybridized carbons (Fsp3) is 0.500. The van der Waals surface area contributed by atoms with Gasteiger partial charge in [-0.2, -0.15) is 13.2 Å². The highest BCUT2D eigenvalue weighted by atomic mass is 19.4. The minimum atomic E-state index is -4.53. The van der Waals surface area contributed by atoms with Crippen LogP contribution < -0.4 is 5.73 Å². The number of rotatable bonds is 3. The average Bonchev–Trinajstić information content (AvgIpc) is 2.25. The molecule has 1 nitrogen and oxygen atoms in total. The molecule has 0 heterocycles. The van der Waals surface area contributed by atoms with Gasteiger partial charge in [-0.3, -0.25) is 0 Å². The molecule has 1 aromatic rings. The topological polar surface area (TPSA) is 26.0 Å². The van der Waals surface area contributed by atoms with Crippen LogP contribution in [0, 0.1) is 11.7 Å². The van der Waals surface area contributed by atoms with Crippen molar-refractivity contribution in [2.24, 2.45) is 11.7 Å². The molecule has 1 rings (SSSR count). The van der Waals surface area contributed by atoms with Gasteiger partial charge >= 0.3 is 6.18 Å². The summed E-state index contributed by atoms with van der Waals surface area (Å²) in [6, 6.07) is 1.90. The maximum absolute atomic E-state index is 13.5. The molecule has 0 aliphatic heterocycles. The highest BCUT2D eigenvalue weighted by Gasteiger charge is 2.31. The van der Waals surface area contributed by atoms with E-state index in [2.05, 4.69) is 0 Å². The van der Waals surface area contributed by atoms with E-state index < -0.39 is 23.6 Å². The number of benzene rings is 1. The second-order valence-corrected chi connectivity index (χ2v) is 4.15. The SMILES string of the molecule is CCC(C)[C@@H](N)c1ccc(C(F)(F)F)cc1F. The van der Waals surface area contributed by atoms with Crippen LogP contribution in [0.15, 0.2) is 18.2 Å². The van der Waals surface area contributed by atoms with E-state index in [-0.39, 0.29) is 11.5 Å². The zero-order chi connectivity index (χ0) is 13.2. The molecule has 0 bridgehead atoms. The molecule has 0 aromatic heterocycles. The smallest absolute Gasteiger partial charge is 0.324 e. The third kappa shape index (κ3) is 3.19. The van der Waals surface area contributed by atoms with Crippen LogP contribution in [0.3, 0.4) is 0 Å². The molecular formula is C12H15F4N. The van der Waals surface area contributed by atoms with Crippen molar-refractivity contribution in [3.05, 3.63) is 35.1 Å². The lowest BCUT2D eigenvalue weighted by atomic mass is 9.92. The molecule has 0 saturated heterocycles. The Hall–Kier alpha value is -1.10. The molecule has 1 unspecified atom stereocenters. The van der Waals surface area contributed by atoms with Gasteiger partial charge < -0.3 is 5.73 Å². The predicted octanol–water partition coefficient (Wildman–Crippen LogP) is 3.89. The zero-order valence-electron chi connectivity index (χ0n) is 9.68. The summed E-state index contributed by atoms with van der Waals surface area (Å²) < 4.78 is 50.5. The predicted molar refractivity (Wildman–Crippen MR) is 57.8 cm³/mol. The van der Waals surface area contributed by atoms with Crippen molar-refractivity contribution in [1.82, 2.24) is 0 Å². The van der Waals surface area contributed by atoms with Gasteiger partial charge in [0.2, 0.25) is 0 Å². The molecule has 0 aliphatic rings. The summed E-state index contributed by atoms with van der Waals surface area (Å²) in [7, 11) is 0. The molecule has 0 radical (unpaired) electrons. The highest BCUT2D eigenvalue weighted by molar-refractivity contribution is 5.28. The van der Waals surface area contributed by atoms with E-state index in [0.29, 0.717) is 6.07 Å². The maximum atomic E-state index is 13.5. The minimum absolute atomic E-state index is 0.0150. The normalized spacial score (nSPS) is 15.7.